The van der Waals surface area contributed by atoms with Crippen LogP contribution in [-0.2, 0) is 14.8 Å². The molecule has 4 nitrogen and oxygen atoms in total. The monoisotopic (exact) mass is 369 g/mol. The Balaban J connectivity index is 1.93. The fourth-order valence-electron chi connectivity index (χ4n) is 2.82. The third-order valence-corrected chi connectivity index (χ3v) is 5.99. The molecular formula is C17H14F3NO3S. The third-order valence-electron chi connectivity index (χ3n) is 4.18. The van der Waals surface area contributed by atoms with E-state index in [1.807, 2.05) is 0 Å². The lowest BCUT2D eigenvalue weighted by atomic mass is 9.97. The van der Waals surface area contributed by atoms with E-state index < -0.39 is 39.3 Å². The Morgan fingerprint density at radius 3 is 2.16 bits per heavy atom. The van der Waals surface area contributed by atoms with E-state index >= 15 is 0 Å². The van der Waals surface area contributed by atoms with Gasteiger partial charge in [-0.15, -0.1) is 0 Å². The van der Waals surface area contributed by atoms with E-state index in [0.29, 0.717) is 4.31 Å². The SMILES string of the molecule is Cc1ccc(S(=O)(=O)N2CCC(c3cc(F)c(F)c(F)c3)C2=O)cc1. The predicted molar refractivity (Wildman–Crippen MR) is 83.8 cm³/mol. The summed E-state index contributed by atoms with van der Waals surface area (Å²) in [5.74, 6) is -6.28. The molecule has 1 unspecified atom stereocenters. The summed E-state index contributed by atoms with van der Waals surface area (Å²) in [6, 6.07) is 7.45. The Kier molecular flexibility index (Phi) is 4.32. The molecule has 1 fully saturated rings. The largest absolute Gasteiger partial charge is 0.273 e. The number of rotatable bonds is 3. The molecule has 0 radical (unpaired) electrons. The molecule has 1 atom stereocenters. The van der Waals surface area contributed by atoms with Crippen molar-refractivity contribution in [2.45, 2.75) is 24.2 Å². The highest BCUT2D eigenvalue weighted by Gasteiger charge is 2.40. The molecule has 25 heavy (non-hydrogen) atoms. The quantitative estimate of drug-likeness (QED) is 0.781. The summed E-state index contributed by atoms with van der Waals surface area (Å²) < 4.78 is 65.8. The van der Waals surface area contributed by atoms with Gasteiger partial charge in [-0.3, -0.25) is 4.79 Å². The third kappa shape index (κ3) is 3.02. The molecule has 0 spiro atoms. The summed E-state index contributed by atoms with van der Waals surface area (Å²) in [5, 5.41) is 0. The van der Waals surface area contributed by atoms with E-state index in [0.717, 1.165) is 17.7 Å². The van der Waals surface area contributed by atoms with Crippen LogP contribution in [0.4, 0.5) is 13.2 Å². The van der Waals surface area contributed by atoms with Crippen LogP contribution in [0.25, 0.3) is 0 Å². The number of halogens is 3. The molecule has 2 aromatic carbocycles. The standard InChI is InChI=1S/C17H14F3NO3S/c1-10-2-4-12(5-3-10)25(23,24)21-7-6-13(17(21)22)11-8-14(18)16(20)15(19)9-11/h2-5,8-9,13H,6-7H2,1H3. The van der Waals surface area contributed by atoms with Gasteiger partial charge in [0.05, 0.1) is 10.8 Å². The van der Waals surface area contributed by atoms with Crippen molar-refractivity contribution >= 4 is 15.9 Å². The van der Waals surface area contributed by atoms with Crippen molar-refractivity contribution in [2.75, 3.05) is 6.54 Å². The number of benzene rings is 2. The van der Waals surface area contributed by atoms with Gasteiger partial charge in [0.1, 0.15) is 0 Å². The number of nitrogens with zero attached hydrogens (tertiary/aromatic N) is 1. The molecule has 1 aliphatic heterocycles. The molecule has 0 saturated carbocycles. The Morgan fingerprint density at radius 2 is 1.60 bits per heavy atom. The van der Waals surface area contributed by atoms with Gasteiger partial charge in [-0.05, 0) is 43.2 Å². The van der Waals surface area contributed by atoms with Crippen LogP contribution in [0, 0.1) is 24.4 Å². The van der Waals surface area contributed by atoms with Crippen LogP contribution < -0.4 is 0 Å². The zero-order valence-corrected chi connectivity index (χ0v) is 14.0. The van der Waals surface area contributed by atoms with Crippen molar-refractivity contribution in [2.24, 2.45) is 0 Å². The Bertz CT molecular complexity index is 919. The number of sulfonamides is 1. The number of amides is 1. The number of carbonyl (C=O) groups is 1. The van der Waals surface area contributed by atoms with E-state index in [9.17, 15) is 26.4 Å². The lowest BCUT2D eigenvalue weighted by molar-refractivity contribution is -0.124. The van der Waals surface area contributed by atoms with E-state index in [1.165, 1.54) is 12.1 Å². The summed E-state index contributed by atoms with van der Waals surface area (Å²) in [4.78, 5) is 12.5. The van der Waals surface area contributed by atoms with Gasteiger partial charge >= 0.3 is 0 Å². The number of hydrogen-bond donors (Lipinski definition) is 0. The van der Waals surface area contributed by atoms with Crippen LogP contribution in [-0.4, -0.2) is 25.2 Å². The van der Waals surface area contributed by atoms with Gasteiger partial charge in [0, 0.05) is 6.54 Å². The van der Waals surface area contributed by atoms with Gasteiger partial charge in [0.2, 0.25) is 5.91 Å². The minimum atomic E-state index is -4.05. The first-order valence-corrected chi connectivity index (χ1v) is 8.93. The second kappa shape index (κ2) is 6.18. The molecule has 1 aliphatic rings. The number of aryl methyl sites for hydroxylation is 1. The van der Waals surface area contributed by atoms with Gasteiger partial charge in [-0.2, -0.15) is 0 Å². The van der Waals surface area contributed by atoms with Crippen LogP contribution in [0.2, 0.25) is 0 Å². The first-order chi connectivity index (χ1) is 11.7. The van der Waals surface area contributed by atoms with E-state index in [2.05, 4.69) is 0 Å². The van der Waals surface area contributed by atoms with Crippen molar-refractivity contribution < 1.29 is 26.4 Å². The van der Waals surface area contributed by atoms with Crippen molar-refractivity contribution in [3.63, 3.8) is 0 Å². The molecule has 3 rings (SSSR count). The van der Waals surface area contributed by atoms with Crippen molar-refractivity contribution in [1.82, 2.24) is 4.31 Å². The molecule has 8 heteroatoms. The van der Waals surface area contributed by atoms with Crippen LogP contribution in [0.3, 0.4) is 0 Å². The molecule has 1 heterocycles. The minimum Gasteiger partial charge on any atom is -0.273 e. The Morgan fingerprint density at radius 1 is 1.04 bits per heavy atom. The van der Waals surface area contributed by atoms with Gasteiger partial charge < -0.3 is 0 Å². The lowest BCUT2D eigenvalue weighted by Crippen LogP contribution is -2.33. The van der Waals surface area contributed by atoms with Crippen LogP contribution in [0.5, 0.6) is 0 Å². The molecule has 1 amide bonds. The van der Waals surface area contributed by atoms with E-state index in [1.54, 1.807) is 19.1 Å². The summed E-state index contributed by atoms with van der Waals surface area (Å²) in [6.07, 6.45) is 0.0639. The van der Waals surface area contributed by atoms with Crippen LogP contribution in [0.1, 0.15) is 23.5 Å². The van der Waals surface area contributed by atoms with Gasteiger partial charge in [0.25, 0.3) is 10.0 Å². The molecule has 1 saturated heterocycles. The molecule has 132 valence electrons. The average molecular weight is 369 g/mol. The molecule has 0 aliphatic carbocycles. The average Bonchev–Trinajstić information content (AvgIpc) is 2.95. The van der Waals surface area contributed by atoms with Crippen molar-refractivity contribution in [3.8, 4) is 0 Å². The van der Waals surface area contributed by atoms with Gasteiger partial charge in [0.15, 0.2) is 17.5 Å². The molecule has 2 aromatic rings. The minimum absolute atomic E-state index is 0.0384. The first kappa shape index (κ1) is 17.5. The topological polar surface area (TPSA) is 54.5 Å². The highest BCUT2D eigenvalue weighted by Crippen LogP contribution is 2.33. The highest BCUT2D eigenvalue weighted by atomic mass is 32.2. The highest BCUT2D eigenvalue weighted by molar-refractivity contribution is 7.89. The lowest BCUT2D eigenvalue weighted by Gasteiger charge is -2.17. The number of carbonyl (C=O) groups excluding carboxylic acids is 1. The summed E-state index contributed by atoms with van der Waals surface area (Å²) in [7, 11) is -4.05. The maximum atomic E-state index is 13.4. The van der Waals surface area contributed by atoms with E-state index in [4.69, 9.17) is 0 Å². The van der Waals surface area contributed by atoms with Crippen LogP contribution in [0.15, 0.2) is 41.3 Å². The number of hydrogen-bond acceptors (Lipinski definition) is 3. The first-order valence-electron chi connectivity index (χ1n) is 7.49. The van der Waals surface area contributed by atoms with Gasteiger partial charge in [-0.1, -0.05) is 17.7 Å². The normalized spacial score (nSPS) is 18.0. The van der Waals surface area contributed by atoms with Crippen LogP contribution >= 0.6 is 0 Å². The Hall–Kier alpha value is -2.35. The zero-order valence-electron chi connectivity index (χ0n) is 13.2. The van der Waals surface area contributed by atoms with Crippen molar-refractivity contribution in [3.05, 3.63) is 65.0 Å². The molecule has 0 N–H and O–H groups in total. The summed E-state index contributed by atoms with van der Waals surface area (Å²) in [6.45, 7) is 1.69. The summed E-state index contributed by atoms with van der Waals surface area (Å²) in [5.41, 5.74) is 0.782. The maximum absolute atomic E-state index is 13.4. The molecular weight excluding hydrogens is 355 g/mol. The molecule has 0 aromatic heterocycles. The predicted octanol–water partition coefficient (Wildman–Crippen LogP) is 3.12. The smallest absolute Gasteiger partial charge is 0.266 e. The van der Waals surface area contributed by atoms with Gasteiger partial charge in [-0.25, -0.2) is 25.9 Å². The zero-order chi connectivity index (χ0) is 18.4. The maximum Gasteiger partial charge on any atom is 0.266 e. The summed E-state index contributed by atoms with van der Waals surface area (Å²) >= 11 is 0. The second-order valence-electron chi connectivity index (χ2n) is 5.87. The fourth-order valence-corrected chi connectivity index (χ4v) is 4.26. The second-order valence-corrected chi connectivity index (χ2v) is 7.73. The molecule has 0 bridgehead atoms. The van der Waals surface area contributed by atoms with E-state index in [-0.39, 0.29) is 23.4 Å². The van der Waals surface area contributed by atoms with Crippen molar-refractivity contribution in [1.29, 1.82) is 0 Å². The Labute approximate surface area is 142 Å². The fraction of sp³-hybridized carbons (Fsp3) is 0.235.